The van der Waals surface area contributed by atoms with Crippen molar-refractivity contribution in [3.63, 3.8) is 0 Å². The summed E-state index contributed by atoms with van der Waals surface area (Å²) in [5.41, 5.74) is 1.86. The third-order valence-electron chi connectivity index (χ3n) is 3.70. The van der Waals surface area contributed by atoms with Crippen molar-refractivity contribution in [2.24, 2.45) is 5.41 Å². The number of amides is 1. The van der Waals surface area contributed by atoms with Crippen molar-refractivity contribution in [2.45, 2.75) is 26.2 Å². The van der Waals surface area contributed by atoms with Gasteiger partial charge in [-0.1, -0.05) is 24.6 Å². The third kappa shape index (κ3) is 2.34. The monoisotopic (exact) mass is 232 g/mol. The molecular weight excluding hydrogens is 212 g/mol. The average Bonchev–Trinajstić information content (AvgIpc) is 2.26. The van der Waals surface area contributed by atoms with Crippen LogP contribution in [-0.2, 0) is 4.79 Å². The first-order chi connectivity index (χ1) is 8.18. The van der Waals surface area contributed by atoms with E-state index in [9.17, 15) is 4.79 Å². The van der Waals surface area contributed by atoms with Gasteiger partial charge in [0.2, 0.25) is 5.91 Å². The summed E-state index contributed by atoms with van der Waals surface area (Å²) >= 11 is 0. The van der Waals surface area contributed by atoms with Gasteiger partial charge in [-0.3, -0.25) is 4.79 Å². The van der Waals surface area contributed by atoms with Crippen molar-refractivity contribution in [1.29, 1.82) is 0 Å². The van der Waals surface area contributed by atoms with Crippen LogP contribution in [0.2, 0.25) is 0 Å². The van der Waals surface area contributed by atoms with E-state index in [1.165, 1.54) is 0 Å². The third-order valence-corrected chi connectivity index (χ3v) is 3.70. The average molecular weight is 232 g/mol. The van der Waals surface area contributed by atoms with Crippen LogP contribution in [0.1, 0.15) is 24.8 Å². The predicted octanol–water partition coefficient (Wildman–Crippen LogP) is 2.32. The van der Waals surface area contributed by atoms with Gasteiger partial charge in [-0.05, 0) is 38.4 Å². The fourth-order valence-corrected chi connectivity index (χ4v) is 2.39. The van der Waals surface area contributed by atoms with E-state index in [0.717, 1.165) is 37.1 Å². The maximum atomic E-state index is 12.3. The fraction of sp³-hybridized carbons (Fsp3) is 0.500. The number of rotatable bonds is 4. The Labute approximate surface area is 103 Å². The van der Waals surface area contributed by atoms with Gasteiger partial charge in [0.1, 0.15) is 0 Å². The summed E-state index contributed by atoms with van der Waals surface area (Å²) in [4.78, 5) is 12.3. The molecule has 1 fully saturated rings. The summed E-state index contributed by atoms with van der Waals surface area (Å²) in [6.45, 7) is 2.78. The normalized spacial score (nSPS) is 17.3. The first-order valence-corrected chi connectivity index (χ1v) is 6.20. The zero-order valence-corrected chi connectivity index (χ0v) is 10.5. The van der Waals surface area contributed by atoms with Gasteiger partial charge < -0.3 is 10.6 Å². The lowest BCUT2D eigenvalue weighted by atomic mass is 9.68. The number of hydrogen-bond acceptors (Lipinski definition) is 2. The quantitative estimate of drug-likeness (QED) is 0.836. The van der Waals surface area contributed by atoms with E-state index in [-0.39, 0.29) is 11.3 Å². The molecule has 0 spiro atoms. The van der Waals surface area contributed by atoms with Gasteiger partial charge in [-0.2, -0.15) is 0 Å². The minimum Gasteiger partial charge on any atom is -0.325 e. The molecule has 0 heterocycles. The van der Waals surface area contributed by atoms with Gasteiger partial charge in [0.05, 0.1) is 5.41 Å². The van der Waals surface area contributed by atoms with Crippen molar-refractivity contribution >= 4 is 11.6 Å². The number of anilines is 1. The summed E-state index contributed by atoms with van der Waals surface area (Å²) in [6, 6.07) is 7.91. The highest BCUT2D eigenvalue weighted by atomic mass is 16.2. The molecule has 1 aromatic carbocycles. The van der Waals surface area contributed by atoms with E-state index in [4.69, 9.17) is 0 Å². The lowest BCUT2D eigenvalue weighted by molar-refractivity contribution is -0.129. The van der Waals surface area contributed by atoms with Gasteiger partial charge in [0.25, 0.3) is 0 Å². The smallest absolute Gasteiger partial charge is 0.231 e. The Kier molecular flexibility index (Phi) is 3.48. The molecule has 0 saturated heterocycles. The molecular formula is C14H20N2O. The second kappa shape index (κ2) is 4.88. The molecule has 92 valence electrons. The molecule has 1 saturated carbocycles. The van der Waals surface area contributed by atoms with Crippen molar-refractivity contribution in [3.05, 3.63) is 29.8 Å². The highest BCUT2D eigenvalue weighted by molar-refractivity contribution is 5.96. The number of benzene rings is 1. The number of nitrogens with one attached hydrogen (secondary N) is 2. The van der Waals surface area contributed by atoms with Crippen LogP contribution in [0.15, 0.2) is 24.3 Å². The Morgan fingerprint density at radius 1 is 1.35 bits per heavy atom. The molecule has 0 unspecified atom stereocenters. The Morgan fingerprint density at radius 2 is 2.06 bits per heavy atom. The largest absolute Gasteiger partial charge is 0.325 e. The van der Waals surface area contributed by atoms with E-state index in [1.54, 1.807) is 0 Å². The number of hydrogen-bond donors (Lipinski definition) is 2. The van der Waals surface area contributed by atoms with E-state index in [1.807, 2.05) is 38.2 Å². The minimum absolute atomic E-state index is 0.160. The Hall–Kier alpha value is -1.35. The van der Waals surface area contributed by atoms with Crippen LogP contribution in [0.25, 0.3) is 0 Å². The summed E-state index contributed by atoms with van der Waals surface area (Å²) in [7, 11) is 1.90. The van der Waals surface area contributed by atoms with E-state index in [0.29, 0.717) is 0 Å². The molecule has 1 aromatic rings. The number of aryl methyl sites for hydroxylation is 1. The Balaban J connectivity index is 2.08. The maximum absolute atomic E-state index is 12.3. The van der Waals surface area contributed by atoms with Crippen LogP contribution in [0.5, 0.6) is 0 Å². The molecule has 0 aromatic heterocycles. The molecule has 1 aliphatic carbocycles. The van der Waals surface area contributed by atoms with Gasteiger partial charge in [0.15, 0.2) is 0 Å². The van der Waals surface area contributed by atoms with Crippen LogP contribution in [-0.4, -0.2) is 19.5 Å². The Morgan fingerprint density at radius 3 is 2.59 bits per heavy atom. The molecule has 1 amide bonds. The van der Waals surface area contributed by atoms with E-state index >= 15 is 0 Å². The summed E-state index contributed by atoms with van der Waals surface area (Å²) in [5, 5.41) is 6.19. The molecule has 3 nitrogen and oxygen atoms in total. The standard InChI is InChI=1S/C14H20N2O/c1-11-6-3-4-7-12(11)16-13(17)14(10-15-2)8-5-9-14/h3-4,6-7,15H,5,8-10H2,1-2H3,(H,16,17). The zero-order chi connectivity index (χ0) is 12.3. The van der Waals surface area contributed by atoms with Crippen LogP contribution in [0.4, 0.5) is 5.69 Å². The molecule has 2 rings (SSSR count). The molecule has 3 heteroatoms. The van der Waals surface area contributed by atoms with Crippen LogP contribution < -0.4 is 10.6 Å². The van der Waals surface area contributed by atoms with Crippen molar-refractivity contribution in [1.82, 2.24) is 5.32 Å². The molecule has 0 radical (unpaired) electrons. The molecule has 17 heavy (non-hydrogen) atoms. The van der Waals surface area contributed by atoms with Crippen LogP contribution in [0.3, 0.4) is 0 Å². The fourth-order valence-electron chi connectivity index (χ4n) is 2.39. The molecule has 0 aliphatic heterocycles. The first kappa shape index (κ1) is 12.1. The predicted molar refractivity (Wildman–Crippen MR) is 70.0 cm³/mol. The lowest BCUT2D eigenvalue weighted by Gasteiger charge is -2.40. The number of para-hydroxylation sites is 1. The summed E-state index contributed by atoms with van der Waals surface area (Å²) < 4.78 is 0. The van der Waals surface area contributed by atoms with Gasteiger partial charge in [-0.25, -0.2) is 0 Å². The second-order valence-electron chi connectivity index (χ2n) is 4.93. The SMILES string of the molecule is CNCC1(C(=O)Nc2ccccc2C)CCC1. The van der Waals surface area contributed by atoms with Gasteiger partial charge >= 0.3 is 0 Å². The van der Waals surface area contributed by atoms with Crippen molar-refractivity contribution in [3.8, 4) is 0 Å². The lowest BCUT2D eigenvalue weighted by Crippen LogP contribution is -2.48. The zero-order valence-electron chi connectivity index (χ0n) is 10.5. The molecule has 1 aliphatic rings. The highest BCUT2D eigenvalue weighted by Crippen LogP contribution is 2.41. The number of carbonyl (C=O) groups excluding carboxylic acids is 1. The van der Waals surface area contributed by atoms with Crippen molar-refractivity contribution < 1.29 is 4.79 Å². The van der Waals surface area contributed by atoms with Crippen LogP contribution >= 0.6 is 0 Å². The van der Waals surface area contributed by atoms with Crippen molar-refractivity contribution in [2.75, 3.05) is 18.9 Å². The van der Waals surface area contributed by atoms with E-state index < -0.39 is 0 Å². The maximum Gasteiger partial charge on any atom is 0.231 e. The molecule has 2 N–H and O–H groups in total. The van der Waals surface area contributed by atoms with Crippen LogP contribution in [0, 0.1) is 12.3 Å². The minimum atomic E-state index is -0.184. The molecule has 0 atom stereocenters. The summed E-state index contributed by atoms with van der Waals surface area (Å²) in [6.07, 6.45) is 3.14. The topological polar surface area (TPSA) is 41.1 Å². The van der Waals surface area contributed by atoms with E-state index in [2.05, 4.69) is 10.6 Å². The van der Waals surface area contributed by atoms with Gasteiger partial charge in [-0.15, -0.1) is 0 Å². The Bertz CT molecular complexity index is 410. The van der Waals surface area contributed by atoms with Gasteiger partial charge in [0, 0.05) is 12.2 Å². The second-order valence-corrected chi connectivity index (χ2v) is 4.93. The highest BCUT2D eigenvalue weighted by Gasteiger charge is 2.43. The summed E-state index contributed by atoms with van der Waals surface area (Å²) in [5.74, 6) is 0.160. The number of carbonyl (C=O) groups is 1. The molecule has 0 bridgehead atoms. The first-order valence-electron chi connectivity index (χ1n) is 6.20.